The monoisotopic (exact) mass is 465 g/mol. The van der Waals surface area contributed by atoms with E-state index < -0.39 is 0 Å². The van der Waals surface area contributed by atoms with E-state index in [2.05, 4.69) is 31.5 Å². The molecule has 0 spiro atoms. The summed E-state index contributed by atoms with van der Waals surface area (Å²) in [6.45, 7) is 7.89. The Kier molecular flexibility index (Phi) is 5.68. The van der Waals surface area contributed by atoms with Crippen LogP contribution in [0.3, 0.4) is 0 Å². The first-order chi connectivity index (χ1) is 16.4. The fourth-order valence-corrected chi connectivity index (χ4v) is 4.88. The van der Waals surface area contributed by atoms with Gasteiger partial charge in [0.2, 0.25) is 5.78 Å². The summed E-state index contributed by atoms with van der Waals surface area (Å²) in [5.74, 6) is 1.58. The molecule has 4 aromatic rings. The van der Waals surface area contributed by atoms with E-state index >= 15 is 0 Å². The Hall–Kier alpha value is -3.53. The molecule has 10 nitrogen and oxygen atoms in total. The Morgan fingerprint density at radius 1 is 0.971 bits per heavy atom. The number of nitrogens with zero attached hydrogens (tertiary/aromatic N) is 7. The number of rotatable bonds is 6. The summed E-state index contributed by atoms with van der Waals surface area (Å²) in [5, 5.41) is 0. The topological polar surface area (TPSA) is 81.9 Å². The molecule has 0 amide bonds. The van der Waals surface area contributed by atoms with Crippen LogP contribution in [0, 0.1) is 6.92 Å². The van der Waals surface area contributed by atoms with Crippen molar-refractivity contribution in [2.24, 2.45) is 14.1 Å². The van der Waals surface area contributed by atoms with Crippen molar-refractivity contribution in [3.63, 3.8) is 0 Å². The molecule has 0 unspecified atom stereocenters. The third-order valence-electron chi connectivity index (χ3n) is 6.92. The molecule has 0 atom stereocenters. The molecule has 0 N–H and O–H groups in total. The van der Waals surface area contributed by atoms with Gasteiger partial charge in [0.15, 0.2) is 11.2 Å². The van der Waals surface area contributed by atoms with Gasteiger partial charge in [-0.15, -0.1) is 0 Å². The van der Waals surface area contributed by atoms with E-state index in [-0.39, 0.29) is 11.2 Å². The van der Waals surface area contributed by atoms with Crippen molar-refractivity contribution < 1.29 is 4.74 Å². The van der Waals surface area contributed by atoms with Crippen molar-refractivity contribution in [3.05, 3.63) is 57.0 Å². The van der Waals surface area contributed by atoms with Crippen molar-refractivity contribution in [2.45, 2.75) is 19.9 Å². The fraction of sp³-hybridized carbons (Fsp3) is 0.458. The number of anilines is 1. The van der Waals surface area contributed by atoms with E-state index in [9.17, 15) is 9.59 Å². The average molecular weight is 466 g/mol. The zero-order chi connectivity index (χ0) is 24.0. The predicted octanol–water partition coefficient (Wildman–Crippen LogP) is 1.22. The summed E-state index contributed by atoms with van der Waals surface area (Å²) in [6, 6.07) is 8.25. The normalized spacial score (nSPS) is 15.0. The van der Waals surface area contributed by atoms with Crippen molar-refractivity contribution in [1.29, 1.82) is 0 Å². The molecule has 1 fully saturated rings. The molecule has 0 saturated carbocycles. The van der Waals surface area contributed by atoms with Crippen molar-refractivity contribution in [2.75, 3.05) is 44.7 Å². The Morgan fingerprint density at radius 2 is 1.68 bits per heavy atom. The minimum Gasteiger partial charge on any atom is -0.497 e. The highest BCUT2D eigenvalue weighted by Gasteiger charge is 2.20. The largest absolute Gasteiger partial charge is 0.497 e. The lowest BCUT2D eigenvalue weighted by molar-refractivity contribution is 0.250. The highest BCUT2D eigenvalue weighted by molar-refractivity contribution is 5.75. The highest BCUT2D eigenvalue weighted by atomic mass is 16.5. The first kappa shape index (κ1) is 22.3. The van der Waals surface area contributed by atoms with Gasteiger partial charge in [0.25, 0.3) is 5.56 Å². The molecule has 5 rings (SSSR count). The molecule has 0 bridgehead atoms. The number of aryl methyl sites for hydroxylation is 3. The lowest BCUT2D eigenvalue weighted by Gasteiger charge is -2.36. The maximum Gasteiger partial charge on any atom is 0.332 e. The minimum absolute atomic E-state index is 0.322. The standard InChI is InChI=1S/C24H31N7O3/c1-17-16-31-20-21(26(2)24(33)27(3)22(20)32)25-23(31)30(17)11-5-10-28-12-14-29(15-13-28)18-6-8-19(34-4)9-7-18/h6-9,16H,5,10-15H2,1-4H3. The van der Waals surface area contributed by atoms with Gasteiger partial charge in [0.1, 0.15) is 5.75 Å². The van der Waals surface area contributed by atoms with Gasteiger partial charge < -0.3 is 14.2 Å². The number of piperazine rings is 1. The molecular formula is C24H31N7O3. The zero-order valence-electron chi connectivity index (χ0n) is 20.2. The highest BCUT2D eigenvalue weighted by Crippen LogP contribution is 2.21. The number of hydrogen-bond donors (Lipinski definition) is 0. The van der Waals surface area contributed by atoms with E-state index in [0.717, 1.165) is 61.7 Å². The number of imidazole rings is 2. The summed E-state index contributed by atoms with van der Waals surface area (Å²) in [4.78, 5) is 34.6. The number of ether oxygens (including phenoxy) is 1. The van der Waals surface area contributed by atoms with Crippen molar-refractivity contribution in [3.8, 4) is 5.75 Å². The van der Waals surface area contributed by atoms with Crippen LogP contribution in [0.1, 0.15) is 12.1 Å². The zero-order valence-corrected chi connectivity index (χ0v) is 20.2. The molecule has 1 aliphatic rings. The van der Waals surface area contributed by atoms with Crippen LogP contribution in [-0.2, 0) is 20.6 Å². The lowest BCUT2D eigenvalue weighted by Crippen LogP contribution is -2.46. The summed E-state index contributed by atoms with van der Waals surface area (Å²) in [5.41, 5.74) is 2.46. The number of methoxy groups -OCH3 is 1. The van der Waals surface area contributed by atoms with Crippen LogP contribution in [0.4, 0.5) is 5.69 Å². The van der Waals surface area contributed by atoms with E-state index in [1.807, 2.05) is 29.7 Å². The molecule has 4 heterocycles. The van der Waals surface area contributed by atoms with Crippen LogP contribution in [0.25, 0.3) is 16.9 Å². The van der Waals surface area contributed by atoms with Gasteiger partial charge in [-0.1, -0.05) is 0 Å². The smallest absolute Gasteiger partial charge is 0.332 e. The second kappa shape index (κ2) is 8.68. The molecule has 0 aliphatic carbocycles. The maximum absolute atomic E-state index is 12.7. The van der Waals surface area contributed by atoms with Gasteiger partial charge in [0, 0.05) is 64.4 Å². The first-order valence-corrected chi connectivity index (χ1v) is 11.6. The van der Waals surface area contributed by atoms with Gasteiger partial charge in [-0.3, -0.25) is 23.2 Å². The number of aromatic nitrogens is 5. The molecular weight excluding hydrogens is 434 g/mol. The second-order valence-electron chi connectivity index (χ2n) is 8.96. The van der Waals surface area contributed by atoms with Crippen LogP contribution < -0.4 is 20.9 Å². The number of hydrogen-bond acceptors (Lipinski definition) is 6. The molecule has 34 heavy (non-hydrogen) atoms. The Bertz CT molecular complexity index is 1450. The van der Waals surface area contributed by atoms with Crippen LogP contribution in [0.5, 0.6) is 5.75 Å². The molecule has 1 aromatic carbocycles. The van der Waals surface area contributed by atoms with Gasteiger partial charge in [-0.05, 0) is 44.2 Å². The minimum atomic E-state index is -0.365. The average Bonchev–Trinajstić information content (AvgIpc) is 3.37. The van der Waals surface area contributed by atoms with Gasteiger partial charge >= 0.3 is 5.69 Å². The van der Waals surface area contributed by atoms with Crippen LogP contribution in [0.15, 0.2) is 40.1 Å². The molecule has 10 heteroatoms. The third kappa shape index (κ3) is 3.67. The predicted molar refractivity (Wildman–Crippen MR) is 132 cm³/mol. The van der Waals surface area contributed by atoms with Crippen LogP contribution in [-0.4, -0.2) is 67.8 Å². The Morgan fingerprint density at radius 3 is 2.35 bits per heavy atom. The van der Waals surface area contributed by atoms with Gasteiger partial charge in [-0.2, -0.15) is 4.98 Å². The molecule has 1 saturated heterocycles. The number of fused-ring (bicyclic) bond motifs is 3. The molecule has 180 valence electrons. The van der Waals surface area contributed by atoms with E-state index in [1.54, 1.807) is 14.2 Å². The van der Waals surface area contributed by atoms with Gasteiger partial charge in [0.05, 0.1) is 7.11 Å². The Labute approximate surface area is 197 Å². The maximum atomic E-state index is 12.7. The van der Waals surface area contributed by atoms with Crippen LogP contribution in [0.2, 0.25) is 0 Å². The Balaban J connectivity index is 1.26. The quantitative estimate of drug-likeness (QED) is 0.426. The van der Waals surface area contributed by atoms with E-state index in [4.69, 9.17) is 4.74 Å². The lowest BCUT2D eigenvalue weighted by atomic mass is 10.2. The first-order valence-electron chi connectivity index (χ1n) is 11.6. The molecule has 1 aliphatic heterocycles. The summed E-state index contributed by atoms with van der Waals surface area (Å²) >= 11 is 0. The fourth-order valence-electron chi connectivity index (χ4n) is 4.88. The summed E-state index contributed by atoms with van der Waals surface area (Å²) < 4.78 is 11.8. The number of benzene rings is 1. The second-order valence-corrected chi connectivity index (χ2v) is 8.96. The van der Waals surface area contributed by atoms with Gasteiger partial charge in [-0.25, -0.2) is 4.79 Å². The van der Waals surface area contributed by atoms with Crippen molar-refractivity contribution >= 4 is 22.6 Å². The summed E-state index contributed by atoms with van der Waals surface area (Å²) in [6.07, 6.45) is 2.91. The summed E-state index contributed by atoms with van der Waals surface area (Å²) in [7, 11) is 4.84. The van der Waals surface area contributed by atoms with Crippen molar-refractivity contribution in [1.82, 2.24) is 28.0 Å². The van der Waals surface area contributed by atoms with E-state index in [0.29, 0.717) is 16.9 Å². The van der Waals surface area contributed by atoms with E-state index in [1.165, 1.54) is 17.3 Å². The SMILES string of the molecule is COc1ccc(N2CCN(CCCn3c(C)cn4c5c(=O)n(C)c(=O)n(C)c5nc34)CC2)cc1. The molecule has 0 radical (unpaired) electrons. The molecule has 3 aromatic heterocycles. The van der Waals surface area contributed by atoms with Crippen LogP contribution >= 0.6 is 0 Å². The third-order valence-corrected chi connectivity index (χ3v) is 6.92.